The van der Waals surface area contributed by atoms with Gasteiger partial charge >= 0.3 is 11.9 Å². The second-order valence-electron chi connectivity index (χ2n) is 6.97. The van der Waals surface area contributed by atoms with Crippen LogP contribution in [0.25, 0.3) is 0 Å². The third kappa shape index (κ3) is 5.33. The van der Waals surface area contributed by atoms with Gasteiger partial charge in [-0.15, -0.1) is 11.8 Å². The summed E-state index contributed by atoms with van der Waals surface area (Å²) in [4.78, 5) is 37.1. The second-order valence-corrected chi connectivity index (χ2v) is 8.77. The Morgan fingerprint density at radius 3 is 2.36 bits per heavy atom. The Bertz CT molecular complexity index is 1170. The van der Waals surface area contributed by atoms with Crippen LogP contribution in [0.3, 0.4) is 0 Å². The number of carbonyl (C=O) groups is 3. The molecule has 2 aromatic rings. The van der Waals surface area contributed by atoms with Crippen LogP contribution in [0.1, 0.15) is 27.4 Å². The number of methoxy groups -OCH3 is 2. The van der Waals surface area contributed by atoms with Crippen molar-refractivity contribution in [1.82, 2.24) is 5.32 Å². The van der Waals surface area contributed by atoms with E-state index in [0.29, 0.717) is 32.0 Å². The van der Waals surface area contributed by atoms with E-state index in [1.807, 2.05) is 0 Å². The van der Waals surface area contributed by atoms with E-state index in [9.17, 15) is 19.6 Å². The predicted octanol–water partition coefficient (Wildman–Crippen LogP) is 4.45. The third-order valence-corrected chi connectivity index (χ3v) is 6.87. The van der Waals surface area contributed by atoms with E-state index in [4.69, 9.17) is 32.7 Å². The highest BCUT2D eigenvalue weighted by molar-refractivity contribution is 8.02. The number of esters is 2. The van der Waals surface area contributed by atoms with Gasteiger partial charge in [-0.25, -0.2) is 4.79 Å². The van der Waals surface area contributed by atoms with E-state index in [-0.39, 0.29) is 5.57 Å². The first kappa shape index (κ1) is 24.6. The largest absolute Gasteiger partial charge is 0.468 e. The molecule has 0 unspecified atom stereocenters. The van der Waals surface area contributed by atoms with Crippen LogP contribution in [0.2, 0.25) is 10.0 Å². The van der Waals surface area contributed by atoms with Crippen molar-refractivity contribution in [3.05, 3.63) is 79.8 Å². The lowest BCUT2D eigenvalue weighted by Gasteiger charge is -2.31. The number of thioether (sulfide) groups is 1. The number of nitrogens with one attached hydrogen (secondary N) is 1. The minimum absolute atomic E-state index is 0.209. The number of carbonyl (C=O) groups excluding carboxylic acids is 3. The lowest BCUT2D eigenvalue weighted by atomic mass is 9.78. The summed E-state index contributed by atoms with van der Waals surface area (Å²) in [5.74, 6) is -3.63. The first-order chi connectivity index (χ1) is 15.8. The predicted molar refractivity (Wildman–Crippen MR) is 125 cm³/mol. The summed E-state index contributed by atoms with van der Waals surface area (Å²) in [6.45, 7) is 0. The van der Waals surface area contributed by atoms with Crippen LogP contribution in [0.15, 0.2) is 53.1 Å². The van der Waals surface area contributed by atoms with Crippen LogP contribution in [0.5, 0.6) is 0 Å². The van der Waals surface area contributed by atoms with Crippen molar-refractivity contribution < 1.29 is 23.9 Å². The van der Waals surface area contributed by atoms with Crippen molar-refractivity contribution in [2.45, 2.75) is 11.7 Å². The molecule has 1 heterocycles. The number of allylic oxidation sites excluding steroid dienone is 1. The molecule has 0 fully saturated rings. The van der Waals surface area contributed by atoms with E-state index in [1.54, 1.807) is 30.3 Å². The Morgan fingerprint density at radius 2 is 1.79 bits per heavy atom. The van der Waals surface area contributed by atoms with Crippen LogP contribution < -0.4 is 5.32 Å². The van der Waals surface area contributed by atoms with Crippen molar-refractivity contribution >= 4 is 52.8 Å². The van der Waals surface area contributed by atoms with Crippen LogP contribution in [0, 0.1) is 17.2 Å². The SMILES string of the molecule is COC(=O)c1ccc([C@@H]2C(C#N)=C(SCc3ccc(Cl)c(Cl)c3)NC(=O)[C@@H]2C(=O)OC)cc1. The van der Waals surface area contributed by atoms with Gasteiger partial charge in [-0.3, -0.25) is 9.59 Å². The highest BCUT2D eigenvalue weighted by Gasteiger charge is 2.44. The monoisotopic (exact) mass is 504 g/mol. The lowest BCUT2D eigenvalue weighted by Crippen LogP contribution is -2.44. The minimum Gasteiger partial charge on any atom is -0.468 e. The number of rotatable bonds is 6. The molecule has 1 amide bonds. The number of nitriles is 1. The molecule has 1 N–H and O–H groups in total. The van der Waals surface area contributed by atoms with E-state index in [0.717, 1.165) is 5.56 Å². The number of nitrogens with zero attached hydrogens (tertiary/aromatic N) is 1. The first-order valence-electron chi connectivity index (χ1n) is 9.58. The Hall–Kier alpha value is -2.99. The molecular formula is C23H18Cl2N2O5S. The van der Waals surface area contributed by atoms with Crippen LogP contribution >= 0.6 is 35.0 Å². The summed E-state index contributed by atoms with van der Waals surface area (Å²) < 4.78 is 9.54. The van der Waals surface area contributed by atoms with Gasteiger partial charge < -0.3 is 14.8 Å². The number of hydrogen-bond donors (Lipinski definition) is 1. The van der Waals surface area contributed by atoms with Crippen molar-refractivity contribution in [3.63, 3.8) is 0 Å². The molecule has 33 heavy (non-hydrogen) atoms. The van der Waals surface area contributed by atoms with Gasteiger partial charge in [0.2, 0.25) is 5.91 Å². The van der Waals surface area contributed by atoms with Crippen molar-refractivity contribution in [2.75, 3.05) is 14.2 Å². The maximum atomic E-state index is 12.9. The molecule has 0 saturated heterocycles. The molecule has 2 atom stereocenters. The molecule has 0 bridgehead atoms. The highest BCUT2D eigenvalue weighted by Crippen LogP contribution is 2.41. The van der Waals surface area contributed by atoms with Gasteiger partial charge in [-0.2, -0.15) is 5.26 Å². The highest BCUT2D eigenvalue weighted by atomic mass is 35.5. The summed E-state index contributed by atoms with van der Waals surface area (Å²) >= 11 is 13.3. The summed E-state index contributed by atoms with van der Waals surface area (Å²) in [7, 11) is 2.44. The van der Waals surface area contributed by atoms with Gasteiger partial charge in [0.25, 0.3) is 0 Å². The fraction of sp³-hybridized carbons (Fsp3) is 0.217. The average molecular weight is 505 g/mol. The quantitative estimate of drug-likeness (QED) is 0.457. The first-order valence-corrected chi connectivity index (χ1v) is 11.3. The van der Waals surface area contributed by atoms with Gasteiger partial charge in [0.1, 0.15) is 5.92 Å². The standard InChI is InChI=1S/C23H18Cl2N2O5S/c1-31-22(29)14-6-4-13(5-7-14)18-15(10-26)21(27-20(28)19(18)23(30)32-2)33-11-12-3-8-16(24)17(25)9-12/h3-9,18-19H,11H2,1-2H3,(H,27,28)/t18-,19-/m1/s1. The van der Waals surface area contributed by atoms with Gasteiger partial charge in [0.05, 0.1) is 46.5 Å². The minimum atomic E-state index is -1.26. The summed E-state index contributed by atoms with van der Waals surface area (Å²) in [6, 6.07) is 13.5. The maximum absolute atomic E-state index is 12.9. The Kier molecular flexibility index (Phi) is 8.03. The molecule has 1 aliphatic rings. The zero-order valence-corrected chi connectivity index (χ0v) is 19.9. The fourth-order valence-corrected chi connectivity index (χ4v) is 4.72. The average Bonchev–Trinajstić information content (AvgIpc) is 2.83. The Morgan fingerprint density at radius 1 is 1.09 bits per heavy atom. The molecular weight excluding hydrogens is 487 g/mol. The van der Waals surface area contributed by atoms with Crippen LogP contribution in [0.4, 0.5) is 0 Å². The fourth-order valence-electron chi connectivity index (χ4n) is 3.41. The molecule has 0 saturated carbocycles. The number of hydrogen-bond acceptors (Lipinski definition) is 7. The zero-order valence-electron chi connectivity index (χ0n) is 17.6. The number of ether oxygens (including phenoxy) is 2. The number of benzene rings is 2. The topological polar surface area (TPSA) is 105 Å². The molecule has 170 valence electrons. The van der Waals surface area contributed by atoms with Crippen molar-refractivity contribution in [1.29, 1.82) is 5.26 Å². The van der Waals surface area contributed by atoms with Crippen LogP contribution in [-0.2, 0) is 24.8 Å². The summed E-state index contributed by atoms with van der Waals surface area (Å²) in [5.41, 5.74) is 1.85. The van der Waals surface area contributed by atoms with Gasteiger partial charge in [-0.05, 0) is 35.4 Å². The van der Waals surface area contributed by atoms with Gasteiger partial charge in [0, 0.05) is 11.7 Å². The maximum Gasteiger partial charge on any atom is 0.337 e. The van der Waals surface area contributed by atoms with E-state index in [2.05, 4.69) is 11.4 Å². The van der Waals surface area contributed by atoms with E-state index >= 15 is 0 Å². The molecule has 0 aromatic heterocycles. The third-order valence-electron chi connectivity index (χ3n) is 5.04. The molecule has 0 spiro atoms. The smallest absolute Gasteiger partial charge is 0.337 e. The van der Waals surface area contributed by atoms with Crippen LogP contribution in [-0.4, -0.2) is 32.1 Å². The molecule has 3 rings (SSSR count). The van der Waals surface area contributed by atoms with E-state index < -0.39 is 29.7 Å². The molecule has 0 aliphatic carbocycles. The summed E-state index contributed by atoms with van der Waals surface area (Å²) in [6.07, 6.45) is 0. The Balaban J connectivity index is 2.01. The van der Waals surface area contributed by atoms with Crippen molar-refractivity contribution in [2.24, 2.45) is 5.92 Å². The number of amides is 1. The Labute approximate surface area is 204 Å². The van der Waals surface area contributed by atoms with Gasteiger partial charge in [-0.1, -0.05) is 41.4 Å². The zero-order chi connectivity index (χ0) is 24.1. The molecule has 1 aliphatic heterocycles. The molecule has 0 radical (unpaired) electrons. The van der Waals surface area contributed by atoms with Crippen molar-refractivity contribution in [3.8, 4) is 6.07 Å². The second kappa shape index (κ2) is 10.8. The van der Waals surface area contributed by atoms with Gasteiger partial charge in [0.15, 0.2) is 0 Å². The summed E-state index contributed by atoms with van der Waals surface area (Å²) in [5, 5.41) is 13.8. The van der Waals surface area contributed by atoms with E-state index in [1.165, 1.54) is 38.1 Å². The molecule has 7 nitrogen and oxygen atoms in total. The molecule has 2 aromatic carbocycles. The normalized spacial score (nSPS) is 17.7. The molecule has 10 heteroatoms. The number of halogens is 2. The lowest BCUT2D eigenvalue weighted by molar-refractivity contribution is -0.150.